The Hall–Kier alpha value is -0.980. The number of furan rings is 1. The van der Waals surface area contributed by atoms with Crippen molar-refractivity contribution in [3.63, 3.8) is 0 Å². The van der Waals surface area contributed by atoms with E-state index in [-0.39, 0.29) is 12.4 Å². The van der Waals surface area contributed by atoms with Gasteiger partial charge < -0.3 is 19.6 Å². The summed E-state index contributed by atoms with van der Waals surface area (Å²) in [7, 11) is 1.33. The largest absolute Gasteiger partial charge is 0.463 e. The minimum absolute atomic E-state index is 0.228. The van der Waals surface area contributed by atoms with Crippen LogP contribution in [0.1, 0.15) is 22.7 Å². The third-order valence-electron chi connectivity index (χ3n) is 2.22. The number of methoxy groups -OCH3 is 1. The molecule has 0 aliphatic heterocycles. The van der Waals surface area contributed by atoms with Crippen LogP contribution in [-0.2, 0) is 11.3 Å². The number of rotatable bonds is 9. The summed E-state index contributed by atoms with van der Waals surface area (Å²) in [4.78, 5) is 11.1. The van der Waals surface area contributed by atoms with Crippen LogP contribution in [0.15, 0.2) is 16.5 Å². The summed E-state index contributed by atoms with van der Waals surface area (Å²) < 4.78 is 9.86. The highest BCUT2D eigenvalue weighted by Gasteiger charge is 2.10. The normalized spacial score (nSPS) is 10.6. The lowest BCUT2D eigenvalue weighted by atomic mass is 10.4. The Labute approximate surface area is 111 Å². The minimum atomic E-state index is -0.458. The number of aliphatic hydroxyl groups is 1. The molecular weight excluding hydrogens is 254 g/mol. The van der Waals surface area contributed by atoms with Gasteiger partial charge in [-0.3, -0.25) is 0 Å². The molecule has 0 aliphatic carbocycles. The van der Waals surface area contributed by atoms with Crippen LogP contribution in [-0.4, -0.2) is 42.8 Å². The molecule has 0 aliphatic rings. The average Bonchev–Trinajstić information content (AvgIpc) is 2.85. The monoisotopic (exact) mass is 273 g/mol. The van der Waals surface area contributed by atoms with E-state index in [1.165, 1.54) is 7.11 Å². The van der Waals surface area contributed by atoms with Gasteiger partial charge in [-0.2, -0.15) is 11.8 Å². The molecule has 0 spiro atoms. The van der Waals surface area contributed by atoms with Crippen LogP contribution in [0.25, 0.3) is 0 Å². The zero-order valence-corrected chi connectivity index (χ0v) is 11.3. The lowest BCUT2D eigenvalue weighted by Gasteiger charge is -2.02. The molecule has 1 aromatic rings. The lowest BCUT2D eigenvalue weighted by molar-refractivity contribution is 0.0563. The van der Waals surface area contributed by atoms with Crippen molar-refractivity contribution >= 4 is 17.7 Å². The van der Waals surface area contributed by atoms with E-state index in [0.717, 1.165) is 30.2 Å². The number of aliphatic hydroxyl groups excluding tert-OH is 1. The molecule has 0 saturated carbocycles. The Bertz CT molecular complexity index is 354. The first-order chi connectivity index (χ1) is 8.77. The molecule has 0 bridgehead atoms. The number of hydrogen-bond donors (Lipinski definition) is 2. The van der Waals surface area contributed by atoms with Crippen molar-refractivity contribution in [1.29, 1.82) is 0 Å². The number of thioether (sulfide) groups is 1. The number of esters is 1. The van der Waals surface area contributed by atoms with Crippen molar-refractivity contribution in [1.82, 2.24) is 5.32 Å². The van der Waals surface area contributed by atoms with E-state index >= 15 is 0 Å². The second-order valence-electron chi connectivity index (χ2n) is 3.62. The zero-order chi connectivity index (χ0) is 13.2. The Morgan fingerprint density at radius 3 is 3.06 bits per heavy atom. The molecule has 102 valence electrons. The number of carbonyl (C=O) groups excluding carboxylic acids is 1. The highest BCUT2D eigenvalue weighted by molar-refractivity contribution is 7.99. The lowest BCUT2D eigenvalue weighted by Crippen LogP contribution is -2.16. The second kappa shape index (κ2) is 9.02. The van der Waals surface area contributed by atoms with Crippen molar-refractivity contribution < 1.29 is 19.1 Å². The van der Waals surface area contributed by atoms with Crippen molar-refractivity contribution in [2.24, 2.45) is 0 Å². The summed E-state index contributed by atoms with van der Waals surface area (Å²) in [5, 5.41) is 11.8. The van der Waals surface area contributed by atoms with Crippen molar-refractivity contribution in [3.8, 4) is 0 Å². The van der Waals surface area contributed by atoms with Gasteiger partial charge in [-0.05, 0) is 24.3 Å². The van der Waals surface area contributed by atoms with Crippen molar-refractivity contribution in [2.45, 2.75) is 13.0 Å². The number of ether oxygens (including phenoxy) is 1. The van der Waals surface area contributed by atoms with Crippen LogP contribution in [0.3, 0.4) is 0 Å². The maximum atomic E-state index is 11.1. The van der Waals surface area contributed by atoms with Gasteiger partial charge in [-0.15, -0.1) is 0 Å². The minimum Gasteiger partial charge on any atom is -0.463 e. The van der Waals surface area contributed by atoms with E-state index in [1.54, 1.807) is 23.9 Å². The molecule has 1 aromatic heterocycles. The van der Waals surface area contributed by atoms with Crippen LogP contribution in [0.2, 0.25) is 0 Å². The molecule has 18 heavy (non-hydrogen) atoms. The van der Waals surface area contributed by atoms with Gasteiger partial charge in [0, 0.05) is 18.9 Å². The Morgan fingerprint density at radius 2 is 2.33 bits per heavy atom. The highest BCUT2D eigenvalue weighted by Crippen LogP contribution is 2.08. The van der Waals surface area contributed by atoms with Gasteiger partial charge in [0.05, 0.1) is 13.7 Å². The summed E-state index contributed by atoms with van der Waals surface area (Å²) in [5.74, 6) is 2.46. The Kier molecular flexibility index (Phi) is 7.55. The molecule has 1 heterocycles. The van der Waals surface area contributed by atoms with Crippen LogP contribution in [0.4, 0.5) is 0 Å². The van der Waals surface area contributed by atoms with E-state index in [0.29, 0.717) is 6.54 Å². The van der Waals surface area contributed by atoms with Gasteiger partial charge in [0.25, 0.3) is 0 Å². The molecule has 6 heteroatoms. The van der Waals surface area contributed by atoms with Crippen LogP contribution in [0.5, 0.6) is 0 Å². The number of hydrogen-bond acceptors (Lipinski definition) is 6. The Balaban J connectivity index is 2.12. The SMILES string of the molecule is COC(=O)c1ccc(CNCCSCCCO)o1. The fourth-order valence-electron chi connectivity index (χ4n) is 1.31. The standard InChI is InChI=1S/C12H19NO4S/c1-16-12(15)11-4-3-10(17-11)9-13-5-8-18-7-2-6-14/h3-4,13-14H,2,5-9H2,1H3. The smallest absolute Gasteiger partial charge is 0.373 e. The van der Waals surface area contributed by atoms with Gasteiger partial charge in [0.15, 0.2) is 0 Å². The van der Waals surface area contributed by atoms with Gasteiger partial charge in [0.1, 0.15) is 5.76 Å². The van der Waals surface area contributed by atoms with E-state index < -0.39 is 5.97 Å². The van der Waals surface area contributed by atoms with E-state index in [9.17, 15) is 4.79 Å². The molecule has 0 amide bonds. The summed E-state index contributed by atoms with van der Waals surface area (Å²) in [6.45, 7) is 1.71. The molecule has 1 rings (SSSR count). The molecule has 2 N–H and O–H groups in total. The molecule has 0 radical (unpaired) electrons. The van der Waals surface area contributed by atoms with E-state index in [1.807, 2.05) is 0 Å². The van der Waals surface area contributed by atoms with Crippen LogP contribution < -0.4 is 5.32 Å². The average molecular weight is 273 g/mol. The number of nitrogens with one attached hydrogen (secondary N) is 1. The molecule has 0 unspecified atom stereocenters. The first kappa shape index (κ1) is 15.1. The second-order valence-corrected chi connectivity index (χ2v) is 4.85. The molecular formula is C12H19NO4S. The molecule has 0 atom stereocenters. The van der Waals surface area contributed by atoms with Gasteiger partial charge in [-0.1, -0.05) is 0 Å². The highest BCUT2D eigenvalue weighted by atomic mass is 32.2. The third-order valence-corrected chi connectivity index (χ3v) is 3.29. The predicted molar refractivity (Wildman–Crippen MR) is 70.8 cm³/mol. The summed E-state index contributed by atoms with van der Waals surface area (Å²) >= 11 is 1.80. The van der Waals surface area contributed by atoms with Crippen LogP contribution >= 0.6 is 11.8 Å². The zero-order valence-electron chi connectivity index (χ0n) is 10.5. The fraction of sp³-hybridized carbons (Fsp3) is 0.583. The van der Waals surface area contributed by atoms with Gasteiger partial charge in [-0.25, -0.2) is 4.79 Å². The first-order valence-corrected chi connectivity index (χ1v) is 6.99. The number of carbonyl (C=O) groups is 1. The first-order valence-electron chi connectivity index (χ1n) is 5.84. The summed E-state index contributed by atoms with van der Waals surface area (Å²) in [6, 6.07) is 3.37. The van der Waals surface area contributed by atoms with Gasteiger partial charge >= 0.3 is 5.97 Å². The third kappa shape index (κ3) is 5.57. The Morgan fingerprint density at radius 1 is 1.50 bits per heavy atom. The van der Waals surface area contributed by atoms with Crippen LogP contribution in [0, 0.1) is 0 Å². The molecule has 0 saturated heterocycles. The maximum absolute atomic E-state index is 11.1. The fourth-order valence-corrected chi connectivity index (χ4v) is 2.13. The molecule has 0 fully saturated rings. The van der Waals surface area contributed by atoms with E-state index in [2.05, 4.69) is 10.1 Å². The quantitative estimate of drug-likeness (QED) is 0.521. The molecule has 0 aromatic carbocycles. The molecule has 5 nitrogen and oxygen atoms in total. The van der Waals surface area contributed by atoms with E-state index in [4.69, 9.17) is 9.52 Å². The summed E-state index contributed by atoms with van der Waals surface area (Å²) in [6.07, 6.45) is 0.839. The predicted octanol–water partition coefficient (Wildman–Crippen LogP) is 1.27. The summed E-state index contributed by atoms with van der Waals surface area (Å²) in [5.41, 5.74) is 0. The maximum Gasteiger partial charge on any atom is 0.373 e. The van der Waals surface area contributed by atoms with Crippen molar-refractivity contribution in [3.05, 3.63) is 23.7 Å². The van der Waals surface area contributed by atoms with Crippen molar-refractivity contribution in [2.75, 3.05) is 31.8 Å². The van der Waals surface area contributed by atoms with Gasteiger partial charge in [0.2, 0.25) is 5.76 Å². The topological polar surface area (TPSA) is 71.7 Å².